The second-order valence-corrected chi connectivity index (χ2v) is 8.13. The van der Waals surface area contributed by atoms with Crippen molar-refractivity contribution in [2.75, 3.05) is 32.8 Å². The van der Waals surface area contributed by atoms with Crippen molar-refractivity contribution in [2.45, 2.75) is 38.5 Å². The molecule has 2 aromatic rings. The number of aryl methyl sites for hydroxylation is 1. The Morgan fingerprint density at radius 3 is 2.63 bits per heavy atom. The van der Waals surface area contributed by atoms with Gasteiger partial charge in [-0.05, 0) is 44.0 Å². The molecule has 1 aromatic heterocycles. The summed E-state index contributed by atoms with van der Waals surface area (Å²) in [5, 5.41) is 4.32. The third-order valence-corrected chi connectivity index (χ3v) is 6.14. The van der Waals surface area contributed by atoms with Crippen LogP contribution >= 0.6 is 0 Å². The Morgan fingerprint density at radius 2 is 1.97 bits per heavy atom. The van der Waals surface area contributed by atoms with Crippen LogP contribution in [0.2, 0.25) is 0 Å². The molecule has 0 unspecified atom stereocenters. The molecule has 2 fully saturated rings. The molecular weight excluding hydrogens is 387 g/mol. The van der Waals surface area contributed by atoms with Crippen LogP contribution in [-0.4, -0.2) is 70.5 Å². The molecule has 0 N–H and O–H groups in total. The summed E-state index contributed by atoms with van der Waals surface area (Å²) in [6, 6.07) is 6.17. The minimum Gasteiger partial charge on any atom is -0.491 e. The summed E-state index contributed by atoms with van der Waals surface area (Å²) in [6.45, 7) is 5.88. The van der Waals surface area contributed by atoms with Gasteiger partial charge in [-0.2, -0.15) is 5.10 Å². The van der Waals surface area contributed by atoms with Crippen molar-refractivity contribution < 1.29 is 18.7 Å². The van der Waals surface area contributed by atoms with E-state index in [9.17, 15) is 9.18 Å². The Bertz CT molecular complexity index is 862. The lowest BCUT2D eigenvalue weighted by Crippen LogP contribution is -2.55. The average Bonchev–Trinajstić information content (AvgIpc) is 3.07. The van der Waals surface area contributed by atoms with E-state index in [-0.39, 0.29) is 30.5 Å². The lowest BCUT2D eigenvalue weighted by atomic mass is 10.0. The van der Waals surface area contributed by atoms with Crippen molar-refractivity contribution in [3.8, 4) is 5.75 Å². The fourth-order valence-electron chi connectivity index (χ4n) is 4.15. The van der Waals surface area contributed by atoms with Crippen molar-refractivity contribution in [3.63, 3.8) is 0 Å². The van der Waals surface area contributed by atoms with Crippen LogP contribution in [0, 0.1) is 12.7 Å². The third-order valence-electron chi connectivity index (χ3n) is 6.14. The van der Waals surface area contributed by atoms with E-state index in [4.69, 9.17) is 9.47 Å². The van der Waals surface area contributed by atoms with E-state index in [1.807, 2.05) is 22.8 Å². The third kappa shape index (κ3) is 4.82. The number of halogens is 1. The van der Waals surface area contributed by atoms with E-state index >= 15 is 0 Å². The highest BCUT2D eigenvalue weighted by Crippen LogP contribution is 2.22. The molecule has 1 atom stereocenters. The van der Waals surface area contributed by atoms with Crippen LogP contribution in [0.15, 0.2) is 30.5 Å². The van der Waals surface area contributed by atoms with E-state index in [0.717, 1.165) is 32.5 Å². The molecule has 0 spiro atoms. The van der Waals surface area contributed by atoms with E-state index in [2.05, 4.69) is 16.9 Å². The van der Waals surface area contributed by atoms with Gasteiger partial charge < -0.3 is 14.4 Å². The Labute approximate surface area is 176 Å². The summed E-state index contributed by atoms with van der Waals surface area (Å²) in [5.74, 6) is 0.357. The van der Waals surface area contributed by atoms with E-state index in [0.29, 0.717) is 18.9 Å². The molecule has 3 heterocycles. The van der Waals surface area contributed by atoms with Gasteiger partial charge in [0, 0.05) is 44.0 Å². The van der Waals surface area contributed by atoms with Crippen LogP contribution in [0.1, 0.15) is 24.1 Å². The molecule has 2 aliphatic rings. The lowest BCUT2D eigenvalue weighted by Gasteiger charge is -2.42. The number of hydrogen-bond acceptors (Lipinski definition) is 5. The molecule has 0 bridgehead atoms. The van der Waals surface area contributed by atoms with Crippen molar-refractivity contribution in [1.29, 1.82) is 0 Å². The molecule has 8 heteroatoms. The van der Waals surface area contributed by atoms with E-state index in [1.54, 1.807) is 12.1 Å². The van der Waals surface area contributed by atoms with Crippen LogP contribution in [-0.2, 0) is 23.1 Å². The largest absolute Gasteiger partial charge is 0.491 e. The minimum absolute atomic E-state index is 0.0505. The summed E-state index contributed by atoms with van der Waals surface area (Å²) >= 11 is 0. The van der Waals surface area contributed by atoms with Crippen molar-refractivity contribution >= 4 is 5.91 Å². The van der Waals surface area contributed by atoms with Gasteiger partial charge in [0.1, 0.15) is 30.9 Å². The Morgan fingerprint density at radius 1 is 1.23 bits per heavy atom. The fraction of sp³-hybridized carbons (Fsp3) is 0.545. The monoisotopic (exact) mass is 416 g/mol. The number of aromatic nitrogens is 2. The smallest absolute Gasteiger partial charge is 0.248 e. The van der Waals surface area contributed by atoms with Gasteiger partial charge in [0.25, 0.3) is 0 Å². The molecule has 0 radical (unpaired) electrons. The number of morpholine rings is 1. The van der Waals surface area contributed by atoms with Gasteiger partial charge in [0.15, 0.2) is 0 Å². The second kappa shape index (κ2) is 9.14. The topological polar surface area (TPSA) is 59.8 Å². The molecule has 0 saturated carbocycles. The maximum Gasteiger partial charge on any atom is 0.248 e. The molecule has 1 aromatic carbocycles. The minimum atomic E-state index is -0.293. The van der Waals surface area contributed by atoms with E-state index < -0.39 is 0 Å². The first kappa shape index (κ1) is 20.8. The summed E-state index contributed by atoms with van der Waals surface area (Å²) in [5.41, 5.74) is 2.46. The number of amides is 1. The van der Waals surface area contributed by atoms with Gasteiger partial charge >= 0.3 is 0 Å². The highest BCUT2D eigenvalue weighted by atomic mass is 19.1. The van der Waals surface area contributed by atoms with Gasteiger partial charge in [0.05, 0.1) is 12.7 Å². The number of hydrogen-bond donors (Lipinski definition) is 0. The maximum absolute atomic E-state index is 13.0. The first-order valence-electron chi connectivity index (χ1n) is 10.5. The molecule has 30 heavy (non-hydrogen) atoms. The number of likely N-dealkylation sites (tertiary alicyclic amines) is 1. The molecule has 2 saturated heterocycles. The van der Waals surface area contributed by atoms with Gasteiger partial charge in [-0.25, -0.2) is 4.39 Å². The molecular formula is C22H29FN4O3. The van der Waals surface area contributed by atoms with Gasteiger partial charge in [-0.3, -0.25) is 14.4 Å². The van der Waals surface area contributed by atoms with Crippen molar-refractivity contribution in [1.82, 2.24) is 19.6 Å². The summed E-state index contributed by atoms with van der Waals surface area (Å²) in [7, 11) is 1.96. The number of rotatable bonds is 6. The highest BCUT2D eigenvalue weighted by molar-refractivity contribution is 5.78. The second-order valence-electron chi connectivity index (χ2n) is 8.13. The molecule has 2 aliphatic heterocycles. The van der Waals surface area contributed by atoms with Crippen LogP contribution < -0.4 is 4.74 Å². The van der Waals surface area contributed by atoms with Crippen LogP contribution in [0.25, 0.3) is 0 Å². The maximum atomic E-state index is 13.0. The summed E-state index contributed by atoms with van der Waals surface area (Å²) in [4.78, 5) is 16.9. The van der Waals surface area contributed by atoms with Gasteiger partial charge in [-0.1, -0.05) is 0 Å². The number of carbonyl (C=O) groups excluding carboxylic acids is 1. The molecule has 4 rings (SSSR count). The van der Waals surface area contributed by atoms with Gasteiger partial charge in [0.2, 0.25) is 5.91 Å². The summed E-state index contributed by atoms with van der Waals surface area (Å²) in [6.07, 6.45) is 3.68. The number of ether oxygens (including phenoxy) is 2. The zero-order valence-electron chi connectivity index (χ0n) is 17.6. The number of carbonyl (C=O) groups is 1. The Hall–Kier alpha value is -2.45. The SMILES string of the molecule is Cc1c(CN2CCC(N3C[C@@H](COc4ccc(F)cc4)OCC3=O)CC2)cnn1C. The van der Waals surface area contributed by atoms with E-state index in [1.165, 1.54) is 23.4 Å². The van der Waals surface area contributed by atoms with Crippen LogP contribution in [0.3, 0.4) is 0 Å². The number of piperidine rings is 1. The fourth-order valence-corrected chi connectivity index (χ4v) is 4.15. The highest BCUT2D eigenvalue weighted by Gasteiger charge is 2.34. The van der Waals surface area contributed by atoms with Gasteiger partial charge in [-0.15, -0.1) is 0 Å². The average molecular weight is 416 g/mol. The zero-order chi connectivity index (χ0) is 21.1. The molecule has 0 aliphatic carbocycles. The zero-order valence-corrected chi connectivity index (χ0v) is 17.6. The van der Waals surface area contributed by atoms with Crippen LogP contribution in [0.5, 0.6) is 5.75 Å². The number of benzene rings is 1. The van der Waals surface area contributed by atoms with Crippen molar-refractivity contribution in [3.05, 3.63) is 47.5 Å². The first-order valence-corrected chi connectivity index (χ1v) is 10.5. The molecule has 7 nitrogen and oxygen atoms in total. The van der Waals surface area contributed by atoms with Crippen LogP contribution in [0.4, 0.5) is 4.39 Å². The Kier molecular flexibility index (Phi) is 6.34. The predicted octanol–water partition coefficient (Wildman–Crippen LogP) is 2.14. The van der Waals surface area contributed by atoms with Crippen molar-refractivity contribution in [2.24, 2.45) is 7.05 Å². The quantitative estimate of drug-likeness (QED) is 0.722. The molecule has 1 amide bonds. The predicted molar refractivity (Wildman–Crippen MR) is 110 cm³/mol. The standard InChI is InChI=1S/C22H29FN4O3/c1-16-17(11-24-25(16)2)12-26-9-7-19(8-10-26)27-13-21(30-15-22(27)28)14-29-20-5-3-18(23)4-6-20/h3-6,11,19,21H,7-10,12-15H2,1-2H3/t21-/m0/s1. The summed E-state index contributed by atoms with van der Waals surface area (Å²) < 4.78 is 26.3. The lowest BCUT2D eigenvalue weighted by molar-refractivity contribution is -0.155. The normalized spacial score (nSPS) is 21.2. The first-order chi connectivity index (χ1) is 14.5. The molecule has 162 valence electrons. The Balaban J connectivity index is 1.27. The number of nitrogens with zero attached hydrogens (tertiary/aromatic N) is 4.